The molecule has 1 aliphatic heterocycles. The van der Waals surface area contributed by atoms with Crippen molar-refractivity contribution in [3.05, 3.63) is 51.3 Å². The van der Waals surface area contributed by atoms with Crippen molar-refractivity contribution in [2.45, 2.75) is 12.8 Å². The van der Waals surface area contributed by atoms with Crippen LogP contribution in [0, 0.1) is 5.41 Å². The largest absolute Gasteiger partial charge is 0.494 e. The van der Waals surface area contributed by atoms with Crippen molar-refractivity contribution < 1.29 is 9.53 Å². The Morgan fingerprint density at radius 2 is 2.14 bits per heavy atom. The monoisotopic (exact) mass is 330 g/mol. The Balaban J connectivity index is 1.83. The maximum Gasteiger partial charge on any atom is 0.186 e. The molecule has 1 atom stereocenters. The molecule has 4 nitrogen and oxygen atoms in total. The van der Waals surface area contributed by atoms with Gasteiger partial charge in [0.15, 0.2) is 5.78 Å². The number of hydrogen-bond donors (Lipinski definition) is 1. The number of Topliss-reactive ketones (excluding diaryl/α,β-unsaturated/α-hetero) is 1. The summed E-state index contributed by atoms with van der Waals surface area (Å²) in [5.41, 5.74) is 0.923. The van der Waals surface area contributed by atoms with E-state index in [1.165, 1.54) is 23.1 Å². The number of hydrogen-bond acceptors (Lipinski definition) is 6. The summed E-state index contributed by atoms with van der Waals surface area (Å²) in [4.78, 5) is 17.3. The van der Waals surface area contributed by atoms with Gasteiger partial charge in [-0.15, -0.1) is 11.3 Å². The van der Waals surface area contributed by atoms with Crippen LogP contribution in [0.15, 0.2) is 40.7 Å². The van der Waals surface area contributed by atoms with Crippen LogP contribution in [0.25, 0.3) is 6.08 Å². The van der Waals surface area contributed by atoms with Gasteiger partial charge in [-0.25, -0.2) is 4.98 Å². The zero-order valence-electron chi connectivity index (χ0n) is 11.9. The van der Waals surface area contributed by atoms with E-state index in [0.29, 0.717) is 21.6 Å². The van der Waals surface area contributed by atoms with Gasteiger partial charge >= 0.3 is 0 Å². The van der Waals surface area contributed by atoms with E-state index in [1.807, 2.05) is 42.6 Å². The highest BCUT2D eigenvalue weighted by molar-refractivity contribution is 8.19. The van der Waals surface area contributed by atoms with E-state index in [4.69, 9.17) is 10.1 Å². The van der Waals surface area contributed by atoms with Crippen LogP contribution < -0.4 is 4.74 Å². The summed E-state index contributed by atoms with van der Waals surface area (Å²) < 4.78 is 5.40. The summed E-state index contributed by atoms with van der Waals surface area (Å²) in [5.74, 6) is 0.237. The van der Waals surface area contributed by atoms with Gasteiger partial charge in [-0.3, -0.25) is 10.2 Å². The summed E-state index contributed by atoms with van der Waals surface area (Å²) in [6, 6.07) is 7.57. The van der Waals surface area contributed by atoms with Gasteiger partial charge in [-0.05, 0) is 30.7 Å². The standard InChI is InChI=1S/C16H14N2O2S2/c1-2-20-11-5-3-10(4-6-11)9-12-14(19)13(15(17)22-12)16-18-7-8-21-16/h3-9,13,17H,2H2,1H3/b12-9-,17-15?/t13-/m0/s1. The lowest BCUT2D eigenvalue weighted by atomic mass is 10.1. The number of nitrogens with zero attached hydrogens (tertiary/aromatic N) is 1. The van der Waals surface area contributed by atoms with Gasteiger partial charge in [0.05, 0.1) is 16.6 Å². The minimum atomic E-state index is -0.529. The number of nitrogens with one attached hydrogen (secondary N) is 1. The van der Waals surface area contributed by atoms with Crippen LogP contribution in [-0.2, 0) is 4.79 Å². The zero-order valence-corrected chi connectivity index (χ0v) is 13.5. The van der Waals surface area contributed by atoms with Crippen molar-refractivity contribution >= 4 is 40.0 Å². The van der Waals surface area contributed by atoms with Crippen LogP contribution in [0.3, 0.4) is 0 Å². The lowest BCUT2D eigenvalue weighted by molar-refractivity contribution is -0.114. The minimum Gasteiger partial charge on any atom is -0.494 e. The molecule has 1 aromatic heterocycles. The van der Waals surface area contributed by atoms with Gasteiger partial charge in [0.25, 0.3) is 0 Å². The van der Waals surface area contributed by atoms with E-state index in [0.717, 1.165) is 11.3 Å². The van der Waals surface area contributed by atoms with Gasteiger partial charge < -0.3 is 4.74 Å². The van der Waals surface area contributed by atoms with E-state index in [2.05, 4.69) is 4.98 Å². The number of rotatable bonds is 4. The van der Waals surface area contributed by atoms with Gasteiger partial charge in [0.2, 0.25) is 0 Å². The predicted octanol–water partition coefficient (Wildman–Crippen LogP) is 3.96. The van der Waals surface area contributed by atoms with Crippen molar-refractivity contribution in [1.82, 2.24) is 4.98 Å². The SMILES string of the molecule is CCOc1ccc(/C=C2\SC(=N)[C@@H](c3nccs3)C2=O)cc1. The average molecular weight is 330 g/mol. The third-order valence-corrected chi connectivity index (χ3v) is 5.01. The number of carbonyl (C=O) groups is 1. The lowest BCUT2D eigenvalue weighted by Gasteiger charge is -2.03. The quantitative estimate of drug-likeness (QED) is 0.862. The molecule has 22 heavy (non-hydrogen) atoms. The van der Waals surface area contributed by atoms with Crippen LogP contribution in [0.2, 0.25) is 0 Å². The first-order valence-corrected chi connectivity index (χ1v) is 8.53. The number of allylic oxidation sites excluding steroid dienone is 1. The Morgan fingerprint density at radius 1 is 1.36 bits per heavy atom. The van der Waals surface area contributed by atoms with Crippen LogP contribution in [-0.4, -0.2) is 22.4 Å². The third-order valence-electron chi connectivity index (χ3n) is 3.17. The molecule has 1 fully saturated rings. The van der Waals surface area contributed by atoms with Crippen LogP contribution in [0.1, 0.15) is 23.4 Å². The summed E-state index contributed by atoms with van der Waals surface area (Å²) in [6.07, 6.45) is 3.49. The Kier molecular flexibility index (Phi) is 4.40. The number of thioether (sulfide) groups is 1. The Morgan fingerprint density at radius 3 is 2.77 bits per heavy atom. The second-order valence-corrected chi connectivity index (χ2v) is 6.65. The highest BCUT2D eigenvalue weighted by Crippen LogP contribution is 2.41. The number of ketones is 1. The fourth-order valence-electron chi connectivity index (χ4n) is 2.17. The minimum absolute atomic E-state index is 0.0427. The zero-order chi connectivity index (χ0) is 15.5. The number of benzene rings is 1. The molecule has 2 heterocycles. The third kappa shape index (κ3) is 2.98. The molecule has 3 rings (SSSR count). The highest BCUT2D eigenvalue weighted by atomic mass is 32.2. The molecule has 1 saturated heterocycles. The molecule has 2 aromatic rings. The summed E-state index contributed by atoms with van der Waals surface area (Å²) >= 11 is 2.63. The van der Waals surface area contributed by atoms with Gasteiger partial charge in [-0.2, -0.15) is 0 Å². The molecule has 1 N–H and O–H groups in total. The van der Waals surface area contributed by atoms with Crippen LogP contribution >= 0.6 is 23.1 Å². The first-order chi connectivity index (χ1) is 10.7. The molecule has 0 radical (unpaired) electrons. The summed E-state index contributed by atoms with van der Waals surface area (Å²) in [7, 11) is 0. The topological polar surface area (TPSA) is 63.0 Å². The summed E-state index contributed by atoms with van der Waals surface area (Å²) in [5, 5.41) is 10.9. The molecular formula is C16H14N2O2S2. The van der Waals surface area contributed by atoms with Gasteiger partial charge in [-0.1, -0.05) is 23.9 Å². The summed E-state index contributed by atoms with van der Waals surface area (Å²) in [6.45, 7) is 2.56. The number of thiazole rings is 1. The second-order valence-electron chi connectivity index (χ2n) is 4.64. The highest BCUT2D eigenvalue weighted by Gasteiger charge is 2.38. The van der Waals surface area contributed by atoms with Gasteiger partial charge in [0, 0.05) is 11.6 Å². The number of carbonyl (C=O) groups excluding carboxylic acids is 1. The molecule has 1 aliphatic rings. The molecule has 0 amide bonds. The van der Waals surface area contributed by atoms with E-state index in [9.17, 15) is 4.79 Å². The van der Waals surface area contributed by atoms with Crippen molar-refractivity contribution in [3.8, 4) is 5.75 Å². The first kappa shape index (κ1) is 15.0. The first-order valence-electron chi connectivity index (χ1n) is 6.83. The predicted molar refractivity (Wildman–Crippen MR) is 90.8 cm³/mol. The van der Waals surface area contributed by atoms with Crippen molar-refractivity contribution in [2.75, 3.05) is 6.61 Å². The Hall–Kier alpha value is -1.92. The van der Waals surface area contributed by atoms with Crippen LogP contribution in [0.5, 0.6) is 5.75 Å². The van der Waals surface area contributed by atoms with Gasteiger partial charge in [0.1, 0.15) is 16.7 Å². The molecule has 6 heteroatoms. The second kappa shape index (κ2) is 6.46. The van der Waals surface area contributed by atoms with Crippen molar-refractivity contribution in [2.24, 2.45) is 0 Å². The number of ether oxygens (including phenoxy) is 1. The Labute approximate surface area is 136 Å². The Bertz CT molecular complexity index is 721. The molecule has 0 aliphatic carbocycles. The van der Waals surface area contributed by atoms with E-state index >= 15 is 0 Å². The molecule has 112 valence electrons. The van der Waals surface area contributed by atoms with Crippen LogP contribution in [0.4, 0.5) is 0 Å². The fourth-order valence-corrected chi connectivity index (χ4v) is 3.97. The fraction of sp³-hybridized carbons (Fsp3) is 0.188. The molecule has 0 spiro atoms. The van der Waals surface area contributed by atoms with E-state index < -0.39 is 5.92 Å². The normalized spacial score (nSPS) is 19.9. The molecule has 0 bridgehead atoms. The maximum atomic E-state index is 12.5. The molecular weight excluding hydrogens is 316 g/mol. The molecule has 0 unspecified atom stereocenters. The van der Waals surface area contributed by atoms with Crippen molar-refractivity contribution in [3.63, 3.8) is 0 Å². The van der Waals surface area contributed by atoms with Crippen molar-refractivity contribution in [1.29, 1.82) is 5.41 Å². The number of aromatic nitrogens is 1. The molecule has 1 aromatic carbocycles. The average Bonchev–Trinajstić information content (AvgIpc) is 3.11. The van der Waals surface area contributed by atoms with E-state index in [-0.39, 0.29) is 5.78 Å². The molecule has 0 saturated carbocycles. The lowest BCUT2D eigenvalue weighted by Crippen LogP contribution is -2.11. The smallest absolute Gasteiger partial charge is 0.186 e. The van der Waals surface area contributed by atoms with E-state index in [1.54, 1.807) is 6.20 Å². The maximum absolute atomic E-state index is 12.5.